The van der Waals surface area contributed by atoms with Crippen molar-refractivity contribution >= 4 is 5.78 Å². The molecule has 0 spiro atoms. The summed E-state index contributed by atoms with van der Waals surface area (Å²) in [5.41, 5.74) is 1.35. The highest BCUT2D eigenvalue weighted by molar-refractivity contribution is 5.95. The van der Waals surface area contributed by atoms with Gasteiger partial charge < -0.3 is 0 Å². The minimum atomic E-state index is 0.0473. The van der Waals surface area contributed by atoms with E-state index in [2.05, 4.69) is 25.7 Å². The molecule has 0 radical (unpaired) electrons. The molecule has 0 saturated carbocycles. The highest BCUT2D eigenvalue weighted by Crippen LogP contribution is 2.28. The molecule has 1 heterocycles. The first-order valence-electron chi connectivity index (χ1n) is 4.77. The first kappa shape index (κ1) is 10.5. The normalized spacial score (nSPS) is 26.1. The predicted octanol–water partition coefficient (Wildman–Crippen LogP) is 1.86. The SMILES string of the molecule is C[C@@H]1C(=O)C=C(C(C)(C)C)CN1C. The summed E-state index contributed by atoms with van der Waals surface area (Å²) < 4.78 is 0. The molecule has 74 valence electrons. The quantitative estimate of drug-likeness (QED) is 0.568. The van der Waals surface area contributed by atoms with Crippen LogP contribution in [0.4, 0.5) is 0 Å². The summed E-state index contributed by atoms with van der Waals surface area (Å²) in [6.07, 6.45) is 1.82. The van der Waals surface area contributed by atoms with Crippen LogP contribution in [0, 0.1) is 5.41 Å². The van der Waals surface area contributed by atoms with Gasteiger partial charge in [-0.25, -0.2) is 0 Å². The molecule has 0 amide bonds. The molecule has 0 N–H and O–H groups in total. The highest BCUT2D eigenvalue weighted by Gasteiger charge is 2.28. The van der Waals surface area contributed by atoms with Crippen molar-refractivity contribution < 1.29 is 4.79 Å². The molecule has 13 heavy (non-hydrogen) atoms. The Labute approximate surface area is 80.6 Å². The Morgan fingerprint density at radius 2 is 2.00 bits per heavy atom. The lowest BCUT2D eigenvalue weighted by atomic mass is 9.83. The summed E-state index contributed by atoms with van der Waals surface area (Å²) >= 11 is 0. The molecule has 1 aliphatic heterocycles. The van der Waals surface area contributed by atoms with Crippen molar-refractivity contribution in [3.05, 3.63) is 11.6 Å². The van der Waals surface area contributed by atoms with Crippen LogP contribution < -0.4 is 0 Å². The summed E-state index contributed by atoms with van der Waals surface area (Å²) in [4.78, 5) is 13.6. The Morgan fingerprint density at radius 3 is 2.38 bits per heavy atom. The molecule has 0 unspecified atom stereocenters. The van der Waals surface area contributed by atoms with Gasteiger partial charge in [-0.3, -0.25) is 9.69 Å². The van der Waals surface area contributed by atoms with E-state index < -0.39 is 0 Å². The van der Waals surface area contributed by atoms with Crippen LogP contribution in [-0.2, 0) is 4.79 Å². The van der Waals surface area contributed by atoms with Crippen molar-refractivity contribution in [1.82, 2.24) is 4.90 Å². The van der Waals surface area contributed by atoms with E-state index in [4.69, 9.17) is 0 Å². The van der Waals surface area contributed by atoms with E-state index in [1.165, 1.54) is 5.57 Å². The van der Waals surface area contributed by atoms with Crippen LogP contribution in [0.1, 0.15) is 27.7 Å². The van der Waals surface area contributed by atoms with Gasteiger partial charge in [-0.15, -0.1) is 0 Å². The van der Waals surface area contributed by atoms with E-state index in [1.807, 2.05) is 20.0 Å². The lowest BCUT2D eigenvalue weighted by Gasteiger charge is -2.34. The molecule has 0 bridgehead atoms. The summed E-state index contributed by atoms with van der Waals surface area (Å²) in [7, 11) is 2.00. The fourth-order valence-electron chi connectivity index (χ4n) is 1.41. The summed E-state index contributed by atoms with van der Waals surface area (Å²) in [5.74, 6) is 0.235. The predicted molar refractivity (Wildman–Crippen MR) is 54.6 cm³/mol. The molecular weight excluding hydrogens is 162 g/mol. The smallest absolute Gasteiger partial charge is 0.172 e. The van der Waals surface area contributed by atoms with Crippen LogP contribution in [0.2, 0.25) is 0 Å². The Morgan fingerprint density at radius 1 is 1.46 bits per heavy atom. The molecule has 0 aromatic heterocycles. The van der Waals surface area contributed by atoms with Crippen molar-refractivity contribution in [2.45, 2.75) is 33.7 Å². The van der Waals surface area contributed by atoms with Crippen molar-refractivity contribution in [1.29, 1.82) is 0 Å². The second kappa shape index (κ2) is 3.26. The fourth-order valence-corrected chi connectivity index (χ4v) is 1.41. The Balaban J connectivity index is 2.92. The largest absolute Gasteiger partial charge is 0.293 e. The molecule has 0 aliphatic carbocycles. The topological polar surface area (TPSA) is 20.3 Å². The van der Waals surface area contributed by atoms with Crippen molar-refractivity contribution in [2.75, 3.05) is 13.6 Å². The monoisotopic (exact) mass is 181 g/mol. The molecule has 1 atom stereocenters. The second-order valence-electron chi connectivity index (χ2n) is 4.91. The molecular formula is C11H19NO. The first-order chi connectivity index (χ1) is 5.82. The average molecular weight is 181 g/mol. The zero-order valence-corrected chi connectivity index (χ0v) is 9.22. The van der Waals surface area contributed by atoms with Gasteiger partial charge in [-0.1, -0.05) is 20.8 Å². The number of likely N-dealkylation sites (N-methyl/N-ethyl adjacent to an activating group) is 1. The molecule has 0 fully saturated rings. The van der Waals surface area contributed by atoms with Crippen molar-refractivity contribution in [3.63, 3.8) is 0 Å². The lowest BCUT2D eigenvalue weighted by Crippen LogP contribution is -2.42. The van der Waals surface area contributed by atoms with Gasteiger partial charge in [0.15, 0.2) is 5.78 Å². The second-order valence-corrected chi connectivity index (χ2v) is 4.91. The van der Waals surface area contributed by atoms with E-state index in [1.54, 1.807) is 0 Å². The van der Waals surface area contributed by atoms with Gasteiger partial charge in [0.1, 0.15) is 0 Å². The molecule has 1 rings (SSSR count). The highest BCUT2D eigenvalue weighted by atomic mass is 16.1. The van der Waals surface area contributed by atoms with E-state index in [-0.39, 0.29) is 17.2 Å². The van der Waals surface area contributed by atoms with Crippen molar-refractivity contribution in [3.8, 4) is 0 Å². The first-order valence-corrected chi connectivity index (χ1v) is 4.77. The molecule has 0 aromatic rings. The molecule has 0 aromatic carbocycles. The lowest BCUT2D eigenvalue weighted by molar-refractivity contribution is -0.119. The number of hydrogen-bond donors (Lipinski definition) is 0. The minimum Gasteiger partial charge on any atom is -0.293 e. The van der Waals surface area contributed by atoms with E-state index in [0.717, 1.165) is 6.54 Å². The van der Waals surface area contributed by atoms with Gasteiger partial charge in [0.25, 0.3) is 0 Å². The standard InChI is InChI=1S/C11H19NO/c1-8-10(13)6-9(7-12(8)5)11(2,3)4/h6,8H,7H2,1-5H3/t8-/m1/s1. The van der Waals surface area contributed by atoms with E-state index in [9.17, 15) is 4.79 Å². The number of carbonyl (C=O) groups excluding carboxylic acids is 1. The van der Waals surface area contributed by atoms with Gasteiger partial charge in [0, 0.05) is 6.54 Å². The third kappa shape index (κ3) is 2.19. The van der Waals surface area contributed by atoms with E-state index in [0.29, 0.717) is 0 Å². The van der Waals surface area contributed by atoms with Crippen LogP contribution >= 0.6 is 0 Å². The maximum Gasteiger partial charge on any atom is 0.172 e. The summed E-state index contributed by atoms with van der Waals surface area (Å²) in [5, 5.41) is 0. The van der Waals surface area contributed by atoms with Gasteiger partial charge in [0.2, 0.25) is 0 Å². The fraction of sp³-hybridized carbons (Fsp3) is 0.727. The van der Waals surface area contributed by atoms with Gasteiger partial charge >= 0.3 is 0 Å². The van der Waals surface area contributed by atoms with Crippen LogP contribution in [0.25, 0.3) is 0 Å². The minimum absolute atomic E-state index is 0.0473. The number of hydrogen-bond acceptors (Lipinski definition) is 2. The van der Waals surface area contributed by atoms with Gasteiger partial charge in [-0.2, -0.15) is 0 Å². The Hall–Kier alpha value is -0.630. The van der Waals surface area contributed by atoms with Gasteiger partial charge in [0.05, 0.1) is 6.04 Å². The molecule has 2 heteroatoms. The Kier molecular flexibility index (Phi) is 2.62. The van der Waals surface area contributed by atoms with Crippen LogP contribution in [0.15, 0.2) is 11.6 Å². The number of rotatable bonds is 0. The van der Waals surface area contributed by atoms with Crippen LogP contribution in [0.5, 0.6) is 0 Å². The van der Waals surface area contributed by atoms with Crippen LogP contribution in [0.3, 0.4) is 0 Å². The third-order valence-electron chi connectivity index (χ3n) is 2.77. The zero-order valence-electron chi connectivity index (χ0n) is 9.22. The molecule has 0 saturated heterocycles. The number of ketones is 1. The summed E-state index contributed by atoms with van der Waals surface area (Å²) in [6.45, 7) is 9.32. The molecule has 1 aliphatic rings. The maximum atomic E-state index is 11.5. The maximum absolute atomic E-state index is 11.5. The molecule has 2 nitrogen and oxygen atoms in total. The average Bonchev–Trinajstić information content (AvgIpc) is 1.97. The zero-order chi connectivity index (χ0) is 10.2. The van der Waals surface area contributed by atoms with Gasteiger partial charge in [-0.05, 0) is 31.0 Å². The van der Waals surface area contributed by atoms with Crippen molar-refractivity contribution in [2.24, 2.45) is 5.41 Å². The number of nitrogens with zero attached hydrogens (tertiary/aromatic N) is 1. The number of carbonyl (C=O) groups is 1. The summed E-state index contributed by atoms with van der Waals surface area (Å²) in [6, 6.07) is 0.0473. The third-order valence-corrected chi connectivity index (χ3v) is 2.77. The van der Waals surface area contributed by atoms with E-state index >= 15 is 0 Å². The van der Waals surface area contributed by atoms with Crippen LogP contribution in [-0.4, -0.2) is 30.3 Å². The Bertz CT molecular complexity index is 247.